The van der Waals surface area contributed by atoms with Crippen molar-refractivity contribution >= 4 is 11.7 Å². The molecule has 0 aromatic heterocycles. The van der Waals surface area contributed by atoms with Crippen molar-refractivity contribution in [2.45, 2.75) is 25.7 Å². The molecule has 1 aliphatic carbocycles. The van der Waals surface area contributed by atoms with Crippen LogP contribution < -0.4 is 5.32 Å². The maximum Gasteiger partial charge on any atom is 0.224 e. The van der Waals surface area contributed by atoms with Crippen LogP contribution in [-0.4, -0.2) is 37.2 Å². The summed E-state index contributed by atoms with van der Waals surface area (Å²) in [6.07, 6.45) is 2.78. The molecule has 1 heterocycles. The van der Waals surface area contributed by atoms with Crippen LogP contribution in [0.4, 0.5) is 0 Å². The van der Waals surface area contributed by atoms with E-state index in [1.54, 1.807) is 0 Å². The fourth-order valence-corrected chi connectivity index (χ4v) is 2.49. The number of hydrogen-bond donors (Lipinski definition) is 1. The van der Waals surface area contributed by atoms with Gasteiger partial charge in [-0.25, -0.2) is 0 Å². The van der Waals surface area contributed by atoms with Crippen molar-refractivity contribution < 1.29 is 9.59 Å². The van der Waals surface area contributed by atoms with Gasteiger partial charge < -0.3 is 10.2 Å². The lowest BCUT2D eigenvalue weighted by Crippen LogP contribution is -2.38. The number of nitrogens with one attached hydrogen (secondary N) is 1. The second-order valence-electron chi connectivity index (χ2n) is 4.87. The SMILES string of the molecule is CN(C)CC1CCC2=C(CCC(=O)N2)C1=O. The molecule has 0 aromatic carbocycles. The topological polar surface area (TPSA) is 49.4 Å². The summed E-state index contributed by atoms with van der Waals surface area (Å²) in [5.74, 6) is 0.413. The number of hydrogen-bond acceptors (Lipinski definition) is 3. The van der Waals surface area contributed by atoms with Crippen molar-refractivity contribution in [1.29, 1.82) is 0 Å². The van der Waals surface area contributed by atoms with Crippen LogP contribution in [0.25, 0.3) is 0 Å². The van der Waals surface area contributed by atoms with Gasteiger partial charge in [0.05, 0.1) is 0 Å². The molecule has 16 heavy (non-hydrogen) atoms. The van der Waals surface area contributed by atoms with Crippen molar-refractivity contribution in [2.75, 3.05) is 20.6 Å². The van der Waals surface area contributed by atoms with Crippen LogP contribution in [-0.2, 0) is 9.59 Å². The number of nitrogens with zero attached hydrogens (tertiary/aromatic N) is 1. The fourth-order valence-electron chi connectivity index (χ4n) is 2.49. The van der Waals surface area contributed by atoms with E-state index in [2.05, 4.69) is 10.2 Å². The van der Waals surface area contributed by atoms with Gasteiger partial charge in [-0.15, -0.1) is 0 Å². The number of carbonyl (C=O) groups is 2. The minimum Gasteiger partial charge on any atom is -0.329 e. The highest BCUT2D eigenvalue weighted by Gasteiger charge is 2.32. The Bertz CT molecular complexity index is 358. The van der Waals surface area contributed by atoms with Gasteiger partial charge in [-0.05, 0) is 33.4 Å². The molecule has 0 radical (unpaired) electrons. The summed E-state index contributed by atoms with van der Waals surface area (Å²) in [7, 11) is 3.97. The van der Waals surface area contributed by atoms with Crippen LogP contribution in [0, 0.1) is 5.92 Å². The van der Waals surface area contributed by atoms with Crippen LogP contribution in [0.1, 0.15) is 25.7 Å². The van der Waals surface area contributed by atoms with Gasteiger partial charge in [0.15, 0.2) is 5.78 Å². The third kappa shape index (κ3) is 2.16. The Morgan fingerprint density at radius 2 is 2.00 bits per heavy atom. The first-order chi connectivity index (χ1) is 7.58. The van der Waals surface area contributed by atoms with E-state index in [1.807, 2.05) is 14.1 Å². The summed E-state index contributed by atoms with van der Waals surface area (Å²) in [6, 6.07) is 0. The first kappa shape index (κ1) is 11.3. The minimum absolute atomic E-state index is 0.0533. The predicted molar refractivity (Wildman–Crippen MR) is 60.7 cm³/mol. The Morgan fingerprint density at radius 3 is 2.69 bits per heavy atom. The molecule has 2 aliphatic rings. The first-order valence-electron chi connectivity index (χ1n) is 5.78. The van der Waals surface area contributed by atoms with Crippen LogP contribution in [0.5, 0.6) is 0 Å². The van der Waals surface area contributed by atoms with Crippen LogP contribution >= 0.6 is 0 Å². The lowest BCUT2D eigenvalue weighted by Gasteiger charge is -2.30. The van der Waals surface area contributed by atoms with Crippen LogP contribution in [0.15, 0.2) is 11.3 Å². The maximum atomic E-state index is 12.2. The Hall–Kier alpha value is -1.16. The molecule has 1 N–H and O–H groups in total. The minimum atomic E-state index is 0.0533. The summed E-state index contributed by atoms with van der Waals surface area (Å²) >= 11 is 0. The highest BCUT2D eigenvalue weighted by Crippen LogP contribution is 2.30. The molecule has 88 valence electrons. The Kier molecular flexibility index (Phi) is 3.10. The summed E-state index contributed by atoms with van der Waals surface area (Å²) in [6.45, 7) is 0.809. The van der Waals surface area contributed by atoms with E-state index in [9.17, 15) is 9.59 Å². The largest absolute Gasteiger partial charge is 0.329 e. The number of allylic oxidation sites excluding steroid dienone is 2. The van der Waals surface area contributed by atoms with Gasteiger partial charge in [0, 0.05) is 30.2 Å². The van der Waals surface area contributed by atoms with Crippen molar-refractivity contribution in [3.63, 3.8) is 0 Å². The molecule has 4 heteroatoms. The molecule has 0 spiro atoms. The van der Waals surface area contributed by atoms with Gasteiger partial charge in [0.25, 0.3) is 0 Å². The summed E-state index contributed by atoms with van der Waals surface area (Å²) in [4.78, 5) is 25.4. The van der Waals surface area contributed by atoms with E-state index in [1.165, 1.54) is 0 Å². The zero-order valence-electron chi connectivity index (χ0n) is 9.88. The molecule has 4 nitrogen and oxygen atoms in total. The molecule has 1 amide bonds. The predicted octanol–water partition coefficient (Wildman–Crippen LogP) is 0.691. The third-order valence-corrected chi connectivity index (χ3v) is 3.25. The summed E-state index contributed by atoms with van der Waals surface area (Å²) in [5, 5.41) is 2.83. The number of carbonyl (C=O) groups excluding carboxylic acids is 2. The van der Waals surface area contributed by atoms with Gasteiger partial charge in [-0.1, -0.05) is 0 Å². The highest BCUT2D eigenvalue weighted by molar-refractivity contribution is 6.01. The lowest BCUT2D eigenvalue weighted by atomic mass is 9.82. The Balaban J connectivity index is 2.14. The van der Waals surface area contributed by atoms with Gasteiger partial charge in [-0.3, -0.25) is 9.59 Å². The number of rotatable bonds is 2. The van der Waals surface area contributed by atoms with Crippen LogP contribution in [0.3, 0.4) is 0 Å². The molecule has 0 aromatic rings. The fraction of sp³-hybridized carbons (Fsp3) is 0.667. The molecule has 1 aliphatic heterocycles. The Morgan fingerprint density at radius 1 is 1.25 bits per heavy atom. The van der Waals surface area contributed by atoms with Gasteiger partial charge >= 0.3 is 0 Å². The van der Waals surface area contributed by atoms with E-state index >= 15 is 0 Å². The van der Waals surface area contributed by atoms with Gasteiger partial charge in [-0.2, -0.15) is 0 Å². The number of amides is 1. The number of Topliss-reactive ketones (excluding diaryl/α,β-unsaturated/α-hetero) is 1. The Labute approximate surface area is 95.7 Å². The molecular weight excluding hydrogens is 204 g/mol. The van der Waals surface area contributed by atoms with Crippen molar-refractivity contribution in [3.05, 3.63) is 11.3 Å². The normalized spacial score (nSPS) is 25.8. The van der Waals surface area contributed by atoms with Gasteiger partial charge in [0.2, 0.25) is 5.91 Å². The standard InChI is InChI=1S/C12H18N2O2/c1-14(2)7-8-3-5-10-9(12(8)16)4-6-11(15)13-10/h8H,3-7H2,1-2H3,(H,13,15). The van der Waals surface area contributed by atoms with Gasteiger partial charge in [0.1, 0.15) is 0 Å². The highest BCUT2D eigenvalue weighted by atomic mass is 16.2. The van der Waals surface area contributed by atoms with Crippen molar-refractivity contribution in [1.82, 2.24) is 10.2 Å². The molecule has 0 saturated carbocycles. The molecule has 1 atom stereocenters. The quantitative estimate of drug-likeness (QED) is 0.748. The monoisotopic (exact) mass is 222 g/mol. The molecule has 0 fully saturated rings. The maximum absolute atomic E-state index is 12.2. The summed E-state index contributed by atoms with van der Waals surface area (Å²) < 4.78 is 0. The first-order valence-corrected chi connectivity index (χ1v) is 5.78. The lowest BCUT2D eigenvalue weighted by molar-refractivity contribution is -0.123. The van der Waals surface area contributed by atoms with Crippen LogP contribution in [0.2, 0.25) is 0 Å². The second kappa shape index (κ2) is 4.37. The van der Waals surface area contributed by atoms with E-state index in [0.29, 0.717) is 12.8 Å². The molecule has 1 unspecified atom stereocenters. The van der Waals surface area contributed by atoms with E-state index in [0.717, 1.165) is 30.7 Å². The number of ketones is 1. The average Bonchev–Trinajstić information content (AvgIpc) is 2.22. The zero-order valence-corrected chi connectivity index (χ0v) is 9.88. The molecular formula is C12H18N2O2. The van der Waals surface area contributed by atoms with E-state index < -0.39 is 0 Å². The molecule has 0 bridgehead atoms. The molecule has 2 rings (SSSR count). The second-order valence-corrected chi connectivity index (χ2v) is 4.87. The van der Waals surface area contributed by atoms with E-state index in [4.69, 9.17) is 0 Å². The summed E-state index contributed by atoms with van der Waals surface area (Å²) in [5.41, 5.74) is 1.76. The average molecular weight is 222 g/mol. The van der Waals surface area contributed by atoms with E-state index in [-0.39, 0.29) is 17.6 Å². The smallest absolute Gasteiger partial charge is 0.224 e. The van der Waals surface area contributed by atoms with Crippen molar-refractivity contribution in [2.24, 2.45) is 5.92 Å². The van der Waals surface area contributed by atoms with Crippen molar-refractivity contribution in [3.8, 4) is 0 Å². The molecule has 0 saturated heterocycles. The zero-order chi connectivity index (χ0) is 11.7. The third-order valence-electron chi connectivity index (χ3n) is 3.25.